The van der Waals surface area contributed by atoms with Gasteiger partial charge in [0.2, 0.25) is 5.82 Å². The number of thiophene rings is 1. The minimum absolute atomic E-state index is 0.547. The molecule has 0 amide bonds. The van der Waals surface area contributed by atoms with Crippen LogP contribution in [0, 0.1) is 6.92 Å². The molecule has 0 aliphatic carbocycles. The summed E-state index contributed by atoms with van der Waals surface area (Å²) < 4.78 is 5.29. The van der Waals surface area contributed by atoms with E-state index in [0.717, 1.165) is 16.7 Å². The molecule has 2 heterocycles. The number of benzene rings is 1. The number of hydrogen-bond acceptors (Lipinski definition) is 5. The standard InChI is InChI=1S/C13H11N3OS/c1-8-6-18-7-11(8)13-15-12(16-17-13)9-3-2-4-10(14)5-9/h2-7H,14H2,1H3. The largest absolute Gasteiger partial charge is 0.399 e. The van der Waals surface area contributed by atoms with E-state index in [9.17, 15) is 0 Å². The number of nitrogens with two attached hydrogens (primary N) is 1. The second-order valence-corrected chi connectivity index (χ2v) is 4.76. The Morgan fingerprint density at radius 3 is 2.89 bits per heavy atom. The van der Waals surface area contributed by atoms with Crippen molar-refractivity contribution in [2.24, 2.45) is 0 Å². The number of anilines is 1. The molecule has 2 aromatic heterocycles. The maximum Gasteiger partial charge on any atom is 0.259 e. The van der Waals surface area contributed by atoms with Crippen molar-refractivity contribution in [1.82, 2.24) is 10.1 Å². The third-order valence-corrected chi connectivity index (χ3v) is 3.52. The zero-order chi connectivity index (χ0) is 12.5. The first-order chi connectivity index (χ1) is 8.74. The van der Waals surface area contributed by atoms with Gasteiger partial charge in [-0.1, -0.05) is 17.3 Å². The van der Waals surface area contributed by atoms with E-state index in [2.05, 4.69) is 15.5 Å². The monoisotopic (exact) mass is 257 g/mol. The second kappa shape index (κ2) is 4.27. The molecule has 0 aliphatic heterocycles. The van der Waals surface area contributed by atoms with Crippen molar-refractivity contribution in [3.05, 3.63) is 40.6 Å². The lowest BCUT2D eigenvalue weighted by Crippen LogP contribution is -1.86. The molecule has 1 aromatic carbocycles. The van der Waals surface area contributed by atoms with Gasteiger partial charge >= 0.3 is 0 Å². The lowest BCUT2D eigenvalue weighted by molar-refractivity contribution is 0.432. The fourth-order valence-corrected chi connectivity index (χ4v) is 2.53. The molecule has 0 fully saturated rings. The highest BCUT2D eigenvalue weighted by Gasteiger charge is 2.13. The molecule has 0 bridgehead atoms. The summed E-state index contributed by atoms with van der Waals surface area (Å²) >= 11 is 1.62. The van der Waals surface area contributed by atoms with Crippen LogP contribution in [-0.4, -0.2) is 10.1 Å². The Hall–Kier alpha value is -2.14. The van der Waals surface area contributed by atoms with Gasteiger partial charge < -0.3 is 10.3 Å². The first-order valence-electron chi connectivity index (χ1n) is 5.47. The first kappa shape index (κ1) is 11.0. The highest BCUT2D eigenvalue weighted by atomic mass is 32.1. The Morgan fingerprint density at radius 2 is 2.17 bits per heavy atom. The molecule has 0 radical (unpaired) electrons. The number of rotatable bonds is 2. The number of aryl methyl sites for hydroxylation is 1. The van der Waals surface area contributed by atoms with Crippen LogP contribution < -0.4 is 5.73 Å². The van der Waals surface area contributed by atoms with E-state index in [1.165, 1.54) is 0 Å². The number of nitrogen functional groups attached to an aromatic ring is 1. The topological polar surface area (TPSA) is 64.9 Å². The van der Waals surface area contributed by atoms with Crippen LogP contribution in [-0.2, 0) is 0 Å². The molecule has 0 spiro atoms. The minimum atomic E-state index is 0.547. The predicted octanol–water partition coefficient (Wildman–Crippen LogP) is 3.36. The maximum atomic E-state index is 5.74. The molecule has 0 unspecified atom stereocenters. The normalized spacial score (nSPS) is 10.7. The molecule has 0 saturated carbocycles. The van der Waals surface area contributed by atoms with Crippen molar-refractivity contribution in [3.63, 3.8) is 0 Å². The van der Waals surface area contributed by atoms with E-state index in [1.807, 2.05) is 36.6 Å². The highest BCUT2D eigenvalue weighted by molar-refractivity contribution is 7.08. The van der Waals surface area contributed by atoms with Gasteiger partial charge in [-0.15, -0.1) is 0 Å². The van der Waals surface area contributed by atoms with Gasteiger partial charge in [0, 0.05) is 16.6 Å². The van der Waals surface area contributed by atoms with Gasteiger partial charge in [0.1, 0.15) is 0 Å². The van der Waals surface area contributed by atoms with Crippen molar-refractivity contribution >= 4 is 17.0 Å². The summed E-state index contributed by atoms with van der Waals surface area (Å²) in [6, 6.07) is 7.44. The minimum Gasteiger partial charge on any atom is -0.399 e. The molecule has 0 saturated heterocycles. The SMILES string of the molecule is Cc1cscc1-c1nc(-c2cccc(N)c2)no1. The lowest BCUT2D eigenvalue weighted by Gasteiger charge is -1.95. The van der Waals surface area contributed by atoms with Crippen molar-refractivity contribution in [2.45, 2.75) is 6.92 Å². The van der Waals surface area contributed by atoms with E-state index in [4.69, 9.17) is 10.3 Å². The Balaban J connectivity index is 2.02. The predicted molar refractivity (Wildman–Crippen MR) is 72.2 cm³/mol. The quantitative estimate of drug-likeness (QED) is 0.715. The molecule has 5 heteroatoms. The van der Waals surface area contributed by atoms with E-state index >= 15 is 0 Å². The molecule has 4 nitrogen and oxygen atoms in total. The van der Waals surface area contributed by atoms with E-state index in [1.54, 1.807) is 11.3 Å². The van der Waals surface area contributed by atoms with Crippen LogP contribution in [0.3, 0.4) is 0 Å². The summed E-state index contributed by atoms with van der Waals surface area (Å²) in [7, 11) is 0. The van der Waals surface area contributed by atoms with Gasteiger partial charge in [0.15, 0.2) is 0 Å². The maximum absolute atomic E-state index is 5.74. The van der Waals surface area contributed by atoms with Crippen LogP contribution in [0.5, 0.6) is 0 Å². The Morgan fingerprint density at radius 1 is 1.28 bits per heavy atom. The zero-order valence-corrected chi connectivity index (χ0v) is 10.6. The van der Waals surface area contributed by atoms with Crippen LogP contribution in [0.15, 0.2) is 39.5 Å². The van der Waals surface area contributed by atoms with Crippen LogP contribution in [0.2, 0.25) is 0 Å². The molecule has 3 rings (SSSR count). The molecule has 18 heavy (non-hydrogen) atoms. The number of hydrogen-bond donors (Lipinski definition) is 1. The van der Waals surface area contributed by atoms with Crippen LogP contribution in [0.25, 0.3) is 22.8 Å². The molecular formula is C13H11N3OS. The smallest absolute Gasteiger partial charge is 0.259 e. The van der Waals surface area contributed by atoms with E-state index < -0.39 is 0 Å². The summed E-state index contributed by atoms with van der Waals surface area (Å²) in [6.07, 6.45) is 0. The summed E-state index contributed by atoms with van der Waals surface area (Å²) in [5.41, 5.74) is 9.41. The molecule has 3 aromatic rings. The molecule has 2 N–H and O–H groups in total. The Labute approximate surface area is 108 Å². The summed E-state index contributed by atoms with van der Waals surface area (Å²) in [4.78, 5) is 4.40. The Bertz CT molecular complexity index is 687. The third kappa shape index (κ3) is 1.89. The summed E-state index contributed by atoms with van der Waals surface area (Å²) in [5, 5.41) is 8.05. The van der Waals surface area contributed by atoms with Gasteiger partial charge in [-0.3, -0.25) is 0 Å². The fraction of sp³-hybridized carbons (Fsp3) is 0.0769. The number of nitrogens with zero attached hydrogens (tertiary/aromatic N) is 2. The molecule has 0 aliphatic rings. The third-order valence-electron chi connectivity index (χ3n) is 2.66. The molecule has 0 atom stereocenters. The summed E-state index contributed by atoms with van der Waals surface area (Å²) in [5.74, 6) is 1.11. The first-order valence-corrected chi connectivity index (χ1v) is 6.41. The van der Waals surface area contributed by atoms with Crippen molar-refractivity contribution in [1.29, 1.82) is 0 Å². The van der Waals surface area contributed by atoms with E-state index in [-0.39, 0.29) is 0 Å². The van der Waals surface area contributed by atoms with Crippen LogP contribution >= 0.6 is 11.3 Å². The van der Waals surface area contributed by atoms with Crippen molar-refractivity contribution in [2.75, 3.05) is 5.73 Å². The lowest BCUT2D eigenvalue weighted by atomic mass is 10.2. The molecule has 90 valence electrons. The Kier molecular flexibility index (Phi) is 2.60. The highest BCUT2D eigenvalue weighted by Crippen LogP contribution is 2.27. The summed E-state index contributed by atoms with van der Waals surface area (Å²) in [6.45, 7) is 2.02. The second-order valence-electron chi connectivity index (χ2n) is 4.02. The van der Waals surface area contributed by atoms with Crippen molar-refractivity contribution in [3.8, 4) is 22.8 Å². The molecular weight excluding hydrogens is 246 g/mol. The fourth-order valence-electron chi connectivity index (χ4n) is 1.71. The number of aromatic nitrogens is 2. The van der Waals surface area contributed by atoms with Gasteiger partial charge in [-0.05, 0) is 30.0 Å². The van der Waals surface area contributed by atoms with Gasteiger partial charge in [0.25, 0.3) is 5.89 Å². The van der Waals surface area contributed by atoms with Crippen LogP contribution in [0.1, 0.15) is 5.56 Å². The van der Waals surface area contributed by atoms with E-state index in [0.29, 0.717) is 17.4 Å². The van der Waals surface area contributed by atoms with Crippen LogP contribution in [0.4, 0.5) is 5.69 Å². The van der Waals surface area contributed by atoms with Gasteiger partial charge in [-0.25, -0.2) is 0 Å². The van der Waals surface area contributed by atoms with Crippen molar-refractivity contribution < 1.29 is 4.52 Å². The average molecular weight is 257 g/mol. The average Bonchev–Trinajstić information content (AvgIpc) is 2.97. The van der Waals surface area contributed by atoms with Gasteiger partial charge in [-0.2, -0.15) is 16.3 Å². The zero-order valence-electron chi connectivity index (χ0n) is 9.75. The van der Waals surface area contributed by atoms with Gasteiger partial charge in [0.05, 0.1) is 5.56 Å².